The average Bonchev–Trinajstić information content (AvgIpc) is 2.92. The highest BCUT2D eigenvalue weighted by Gasteiger charge is 2.08. The van der Waals surface area contributed by atoms with Crippen LogP contribution >= 0.6 is 33.9 Å². The number of rotatable bonds is 3. The third-order valence-electron chi connectivity index (χ3n) is 3.49. The summed E-state index contributed by atoms with van der Waals surface area (Å²) in [4.78, 5) is 2.52. The van der Waals surface area contributed by atoms with E-state index in [1.807, 2.05) is 12.1 Å². The molecule has 0 atom stereocenters. The lowest BCUT2D eigenvalue weighted by molar-refractivity contribution is 0.628. The molecule has 0 spiro atoms. The van der Waals surface area contributed by atoms with Gasteiger partial charge in [-0.3, -0.25) is 0 Å². The number of aryl methyl sites for hydroxylation is 1. The minimum absolute atomic E-state index is 0.190. The molecular formula is C18H14FIS. The van der Waals surface area contributed by atoms with E-state index in [0.29, 0.717) is 0 Å². The highest BCUT2D eigenvalue weighted by Crippen LogP contribution is 2.31. The molecule has 0 aliphatic carbocycles. The first-order valence-electron chi connectivity index (χ1n) is 6.72. The quantitative estimate of drug-likeness (QED) is 0.463. The Hall–Kier alpha value is -1.20. The molecule has 1 aromatic heterocycles. The minimum atomic E-state index is -0.190. The first-order valence-corrected chi connectivity index (χ1v) is 8.61. The molecule has 0 radical (unpaired) electrons. The molecular weight excluding hydrogens is 394 g/mol. The van der Waals surface area contributed by atoms with E-state index in [2.05, 4.69) is 59.8 Å². The molecule has 0 fully saturated rings. The Labute approximate surface area is 141 Å². The summed E-state index contributed by atoms with van der Waals surface area (Å²) in [5.41, 5.74) is 3.80. The summed E-state index contributed by atoms with van der Waals surface area (Å²) in [5.74, 6) is -0.190. The van der Waals surface area contributed by atoms with Gasteiger partial charge in [-0.1, -0.05) is 24.3 Å². The van der Waals surface area contributed by atoms with Crippen molar-refractivity contribution in [3.63, 3.8) is 0 Å². The highest BCUT2D eigenvalue weighted by molar-refractivity contribution is 14.1. The molecule has 0 saturated heterocycles. The second-order valence-corrected chi connectivity index (χ2v) is 7.32. The van der Waals surface area contributed by atoms with Gasteiger partial charge in [0.25, 0.3) is 0 Å². The number of hydrogen-bond donors (Lipinski definition) is 0. The normalized spacial score (nSPS) is 10.8. The first kappa shape index (κ1) is 14.7. The first-order chi connectivity index (χ1) is 10.1. The highest BCUT2D eigenvalue weighted by atomic mass is 127. The second-order valence-electron chi connectivity index (χ2n) is 4.98. The third-order valence-corrected chi connectivity index (χ3v) is 5.64. The van der Waals surface area contributed by atoms with Crippen LogP contribution in [0.25, 0.3) is 10.4 Å². The molecule has 3 heteroatoms. The van der Waals surface area contributed by atoms with E-state index < -0.39 is 0 Å². The van der Waals surface area contributed by atoms with Gasteiger partial charge in [0.1, 0.15) is 5.82 Å². The summed E-state index contributed by atoms with van der Waals surface area (Å²) < 4.78 is 14.3. The molecule has 21 heavy (non-hydrogen) atoms. The van der Waals surface area contributed by atoms with Crippen LogP contribution in [-0.4, -0.2) is 0 Å². The molecule has 0 saturated carbocycles. The van der Waals surface area contributed by atoms with Crippen LogP contribution in [0.1, 0.15) is 16.0 Å². The molecule has 2 aromatic carbocycles. The molecule has 0 bridgehead atoms. The lowest BCUT2D eigenvalue weighted by Crippen LogP contribution is -1.93. The molecule has 0 aliphatic heterocycles. The number of halogens is 2. The average molecular weight is 408 g/mol. The van der Waals surface area contributed by atoms with Gasteiger partial charge in [0.05, 0.1) is 0 Å². The molecule has 0 unspecified atom stereocenters. The van der Waals surface area contributed by atoms with Gasteiger partial charge in [0.15, 0.2) is 0 Å². The van der Waals surface area contributed by atoms with Gasteiger partial charge in [-0.15, -0.1) is 11.3 Å². The molecule has 0 nitrogen and oxygen atoms in total. The van der Waals surface area contributed by atoms with Crippen LogP contribution in [0.3, 0.4) is 0 Å². The summed E-state index contributed by atoms with van der Waals surface area (Å²) in [6.07, 6.45) is 0.955. The molecule has 3 rings (SSSR count). The Morgan fingerprint density at radius 3 is 2.48 bits per heavy atom. The van der Waals surface area contributed by atoms with Crippen molar-refractivity contribution >= 4 is 33.9 Å². The molecule has 0 aliphatic rings. The second kappa shape index (κ2) is 6.28. The topological polar surface area (TPSA) is 0 Å². The van der Waals surface area contributed by atoms with Gasteiger partial charge in [-0.25, -0.2) is 4.39 Å². The van der Waals surface area contributed by atoms with Crippen molar-refractivity contribution < 1.29 is 4.39 Å². The summed E-state index contributed by atoms with van der Waals surface area (Å²) >= 11 is 4.18. The molecule has 3 aromatic rings. The molecule has 1 heterocycles. The van der Waals surface area contributed by atoms with Crippen LogP contribution in [0.5, 0.6) is 0 Å². The predicted molar refractivity (Wildman–Crippen MR) is 96.4 cm³/mol. The molecule has 0 N–H and O–H groups in total. The number of benzene rings is 2. The fourth-order valence-corrected chi connectivity index (χ4v) is 4.16. The fraction of sp³-hybridized carbons (Fsp3) is 0.111. The number of thiophene rings is 1. The van der Waals surface area contributed by atoms with Crippen molar-refractivity contribution in [2.45, 2.75) is 13.3 Å². The van der Waals surface area contributed by atoms with Gasteiger partial charge in [-0.05, 0) is 76.5 Å². The monoisotopic (exact) mass is 408 g/mol. The minimum Gasteiger partial charge on any atom is -0.207 e. The third kappa shape index (κ3) is 3.35. The van der Waals surface area contributed by atoms with E-state index in [9.17, 15) is 4.39 Å². The van der Waals surface area contributed by atoms with Crippen LogP contribution in [0, 0.1) is 16.3 Å². The SMILES string of the molecule is Cc1cccc(I)c1Cc1ccc(-c2ccc(F)cc2)s1. The van der Waals surface area contributed by atoms with Crippen LogP contribution < -0.4 is 0 Å². The summed E-state index contributed by atoms with van der Waals surface area (Å²) in [5, 5.41) is 0. The van der Waals surface area contributed by atoms with Gasteiger partial charge < -0.3 is 0 Å². The van der Waals surface area contributed by atoms with Gasteiger partial charge in [-0.2, -0.15) is 0 Å². The van der Waals surface area contributed by atoms with E-state index in [1.165, 1.54) is 36.6 Å². The van der Waals surface area contributed by atoms with E-state index in [0.717, 1.165) is 12.0 Å². The van der Waals surface area contributed by atoms with Gasteiger partial charge in [0.2, 0.25) is 0 Å². The maximum Gasteiger partial charge on any atom is 0.123 e. The van der Waals surface area contributed by atoms with Crippen molar-refractivity contribution in [3.8, 4) is 10.4 Å². The van der Waals surface area contributed by atoms with E-state index >= 15 is 0 Å². The van der Waals surface area contributed by atoms with E-state index in [4.69, 9.17) is 0 Å². The van der Waals surface area contributed by atoms with Crippen molar-refractivity contribution in [1.29, 1.82) is 0 Å². The smallest absolute Gasteiger partial charge is 0.123 e. The van der Waals surface area contributed by atoms with Gasteiger partial charge in [0, 0.05) is 19.7 Å². The standard InChI is InChI=1S/C18H14FIS/c1-12-3-2-4-17(20)16(12)11-15-9-10-18(21-15)13-5-7-14(19)8-6-13/h2-10H,11H2,1H3. The van der Waals surface area contributed by atoms with E-state index in [1.54, 1.807) is 11.3 Å². The Morgan fingerprint density at radius 1 is 1.00 bits per heavy atom. The Balaban J connectivity index is 1.87. The lowest BCUT2D eigenvalue weighted by atomic mass is 10.1. The molecule has 106 valence electrons. The maximum absolute atomic E-state index is 13.0. The lowest BCUT2D eigenvalue weighted by Gasteiger charge is -2.06. The van der Waals surface area contributed by atoms with Crippen LogP contribution in [0.2, 0.25) is 0 Å². The fourth-order valence-electron chi connectivity index (χ4n) is 2.31. The van der Waals surface area contributed by atoms with Crippen molar-refractivity contribution in [1.82, 2.24) is 0 Å². The number of hydrogen-bond acceptors (Lipinski definition) is 1. The predicted octanol–water partition coefficient (Wildman–Crippen LogP) is 6.06. The van der Waals surface area contributed by atoms with Crippen LogP contribution in [-0.2, 0) is 6.42 Å². The van der Waals surface area contributed by atoms with Crippen LogP contribution in [0.4, 0.5) is 4.39 Å². The van der Waals surface area contributed by atoms with Crippen LogP contribution in [0.15, 0.2) is 54.6 Å². The van der Waals surface area contributed by atoms with Gasteiger partial charge >= 0.3 is 0 Å². The largest absolute Gasteiger partial charge is 0.207 e. The van der Waals surface area contributed by atoms with Crippen molar-refractivity contribution in [2.75, 3.05) is 0 Å². The summed E-state index contributed by atoms with van der Waals surface area (Å²) in [6, 6.07) is 17.4. The molecule has 0 amide bonds. The summed E-state index contributed by atoms with van der Waals surface area (Å²) in [7, 11) is 0. The Morgan fingerprint density at radius 2 is 1.76 bits per heavy atom. The summed E-state index contributed by atoms with van der Waals surface area (Å²) in [6.45, 7) is 2.16. The zero-order chi connectivity index (χ0) is 14.8. The van der Waals surface area contributed by atoms with E-state index in [-0.39, 0.29) is 5.82 Å². The Kier molecular flexibility index (Phi) is 4.40. The van der Waals surface area contributed by atoms with Crippen molar-refractivity contribution in [2.24, 2.45) is 0 Å². The zero-order valence-electron chi connectivity index (χ0n) is 11.6. The zero-order valence-corrected chi connectivity index (χ0v) is 14.5. The Bertz CT molecular complexity index is 739. The maximum atomic E-state index is 13.0. The van der Waals surface area contributed by atoms with Crippen molar-refractivity contribution in [3.05, 3.63) is 80.0 Å².